The lowest BCUT2D eigenvalue weighted by Gasteiger charge is -2.36. The number of nitrogens with one attached hydrogen (secondary N) is 1. The molecule has 0 spiro atoms. The number of esters is 1. The van der Waals surface area contributed by atoms with Gasteiger partial charge in [-0.05, 0) is 25.8 Å². The Labute approximate surface area is 86.0 Å². The summed E-state index contributed by atoms with van der Waals surface area (Å²) in [6.45, 7) is 0.422. The van der Waals surface area contributed by atoms with Crippen molar-refractivity contribution >= 4 is 5.97 Å². The highest BCUT2D eigenvalue weighted by Gasteiger charge is 2.48. The third-order valence-corrected chi connectivity index (χ3v) is 2.57. The summed E-state index contributed by atoms with van der Waals surface area (Å²) in [5.74, 6) is -0.820. The van der Waals surface area contributed by atoms with E-state index in [9.17, 15) is 18.0 Å². The number of hydrogen-bond acceptors (Lipinski definition) is 3. The average Bonchev–Trinajstić information content (AvgIpc) is 2.15. The Morgan fingerprint density at radius 1 is 1.47 bits per heavy atom. The van der Waals surface area contributed by atoms with Gasteiger partial charge in [-0.3, -0.25) is 4.79 Å². The van der Waals surface area contributed by atoms with Crippen LogP contribution in [0.25, 0.3) is 0 Å². The molecule has 15 heavy (non-hydrogen) atoms. The maximum absolute atomic E-state index is 12.3. The zero-order valence-corrected chi connectivity index (χ0v) is 8.49. The molecule has 0 amide bonds. The minimum absolute atomic E-state index is 0.180. The molecule has 0 aromatic rings. The zero-order chi connectivity index (χ0) is 11.5. The van der Waals surface area contributed by atoms with Crippen LogP contribution in [0.2, 0.25) is 0 Å². The SMILES string of the molecule is COC(=O)C1(CC(F)(F)F)CCCCN1. The van der Waals surface area contributed by atoms with Crippen LogP contribution in [0.4, 0.5) is 13.2 Å². The summed E-state index contributed by atoms with van der Waals surface area (Å²) >= 11 is 0. The molecule has 88 valence electrons. The maximum Gasteiger partial charge on any atom is 0.391 e. The van der Waals surface area contributed by atoms with Gasteiger partial charge in [0.15, 0.2) is 0 Å². The highest BCUT2D eigenvalue weighted by Crippen LogP contribution is 2.33. The molecule has 0 radical (unpaired) electrons. The normalized spacial score (nSPS) is 27.5. The quantitative estimate of drug-likeness (QED) is 0.726. The van der Waals surface area contributed by atoms with Crippen LogP contribution in [0, 0.1) is 0 Å². The number of hydrogen-bond donors (Lipinski definition) is 1. The highest BCUT2D eigenvalue weighted by atomic mass is 19.4. The van der Waals surface area contributed by atoms with E-state index in [1.807, 2.05) is 0 Å². The number of piperidine rings is 1. The van der Waals surface area contributed by atoms with Gasteiger partial charge in [-0.25, -0.2) is 0 Å². The monoisotopic (exact) mass is 225 g/mol. The zero-order valence-electron chi connectivity index (χ0n) is 8.49. The lowest BCUT2D eigenvalue weighted by Crippen LogP contribution is -2.57. The Kier molecular flexibility index (Phi) is 3.59. The first-order valence-electron chi connectivity index (χ1n) is 4.80. The Morgan fingerprint density at radius 2 is 2.13 bits per heavy atom. The van der Waals surface area contributed by atoms with Gasteiger partial charge in [0.1, 0.15) is 5.54 Å². The Morgan fingerprint density at radius 3 is 2.53 bits per heavy atom. The van der Waals surface area contributed by atoms with Crippen molar-refractivity contribution in [2.45, 2.75) is 37.4 Å². The molecule has 1 unspecified atom stereocenters. The summed E-state index contributed by atoms with van der Waals surface area (Å²) in [5, 5.41) is 2.65. The molecule has 0 bridgehead atoms. The number of ether oxygens (including phenoxy) is 1. The predicted molar refractivity (Wildman–Crippen MR) is 47.3 cm³/mol. The maximum atomic E-state index is 12.3. The fraction of sp³-hybridized carbons (Fsp3) is 0.889. The summed E-state index contributed by atoms with van der Waals surface area (Å²) < 4.78 is 41.4. The van der Waals surface area contributed by atoms with Gasteiger partial charge in [-0.15, -0.1) is 0 Å². The van der Waals surface area contributed by atoms with Crippen molar-refractivity contribution in [3.8, 4) is 0 Å². The number of alkyl halides is 3. The molecule has 1 heterocycles. The molecule has 1 aliphatic rings. The van der Waals surface area contributed by atoms with Crippen LogP contribution in [0.5, 0.6) is 0 Å². The summed E-state index contributed by atoms with van der Waals surface area (Å²) in [6, 6.07) is 0. The van der Waals surface area contributed by atoms with Crippen LogP contribution in [0.3, 0.4) is 0 Å². The fourth-order valence-electron chi connectivity index (χ4n) is 1.90. The van der Waals surface area contributed by atoms with Crippen molar-refractivity contribution in [2.75, 3.05) is 13.7 Å². The second-order valence-electron chi connectivity index (χ2n) is 3.75. The van der Waals surface area contributed by atoms with E-state index in [1.165, 1.54) is 0 Å². The van der Waals surface area contributed by atoms with Crippen molar-refractivity contribution in [3.05, 3.63) is 0 Å². The Balaban J connectivity index is 2.80. The van der Waals surface area contributed by atoms with Crippen molar-refractivity contribution in [1.82, 2.24) is 5.32 Å². The van der Waals surface area contributed by atoms with E-state index in [1.54, 1.807) is 0 Å². The van der Waals surface area contributed by atoms with Gasteiger partial charge in [0.2, 0.25) is 0 Å². The Bertz CT molecular complexity index is 234. The van der Waals surface area contributed by atoms with Crippen molar-refractivity contribution in [2.24, 2.45) is 0 Å². The minimum atomic E-state index is -4.36. The first-order chi connectivity index (χ1) is 6.90. The largest absolute Gasteiger partial charge is 0.468 e. The van der Waals surface area contributed by atoms with E-state index < -0.39 is 24.1 Å². The second-order valence-corrected chi connectivity index (χ2v) is 3.75. The van der Waals surface area contributed by atoms with Gasteiger partial charge in [-0.1, -0.05) is 0 Å². The van der Waals surface area contributed by atoms with E-state index in [0.29, 0.717) is 13.0 Å². The molecule has 6 heteroatoms. The number of halogens is 3. The smallest absolute Gasteiger partial charge is 0.391 e. The number of carbonyl (C=O) groups is 1. The van der Waals surface area contributed by atoms with Crippen LogP contribution >= 0.6 is 0 Å². The molecule has 1 rings (SSSR count). The molecule has 1 N–H and O–H groups in total. The predicted octanol–water partition coefficient (Wildman–Crippen LogP) is 1.62. The van der Waals surface area contributed by atoms with Crippen molar-refractivity contribution in [1.29, 1.82) is 0 Å². The molecule has 0 aliphatic carbocycles. The molecule has 1 aliphatic heterocycles. The number of carbonyl (C=O) groups excluding carboxylic acids is 1. The molecule has 3 nitrogen and oxygen atoms in total. The minimum Gasteiger partial charge on any atom is -0.468 e. The molecule has 1 saturated heterocycles. The van der Waals surface area contributed by atoms with Crippen molar-refractivity contribution < 1.29 is 22.7 Å². The first kappa shape index (κ1) is 12.3. The van der Waals surface area contributed by atoms with Gasteiger partial charge in [0.05, 0.1) is 13.5 Å². The first-order valence-corrected chi connectivity index (χ1v) is 4.80. The average molecular weight is 225 g/mol. The van der Waals surface area contributed by atoms with E-state index in [2.05, 4.69) is 10.1 Å². The third kappa shape index (κ3) is 3.09. The summed E-state index contributed by atoms with van der Waals surface area (Å²) in [4.78, 5) is 11.4. The molecule has 1 atom stereocenters. The van der Waals surface area contributed by atoms with Crippen molar-refractivity contribution in [3.63, 3.8) is 0 Å². The lowest BCUT2D eigenvalue weighted by atomic mass is 9.85. The second kappa shape index (κ2) is 4.38. The highest BCUT2D eigenvalue weighted by molar-refractivity contribution is 5.81. The fourth-order valence-corrected chi connectivity index (χ4v) is 1.90. The van der Waals surface area contributed by atoms with Crippen LogP contribution < -0.4 is 5.32 Å². The molecule has 0 aromatic heterocycles. The third-order valence-electron chi connectivity index (χ3n) is 2.57. The van der Waals surface area contributed by atoms with Crippen LogP contribution in [0.15, 0.2) is 0 Å². The van der Waals surface area contributed by atoms with E-state index in [4.69, 9.17) is 0 Å². The molecule has 1 fully saturated rings. The van der Waals surface area contributed by atoms with Crippen LogP contribution in [-0.4, -0.2) is 31.3 Å². The van der Waals surface area contributed by atoms with Gasteiger partial charge in [0, 0.05) is 0 Å². The number of rotatable bonds is 2. The van der Waals surface area contributed by atoms with Crippen LogP contribution in [0.1, 0.15) is 25.7 Å². The van der Waals surface area contributed by atoms with Gasteiger partial charge >= 0.3 is 12.1 Å². The van der Waals surface area contributed by atoms with Gasteiger partial charge < -0.3 is 10.1 Å². The van der Waals surface area contributed by atoms with Gasteiger partial charge in [-0.2, -0.15) is 13.2 Å². The summed E-state index contributed by atoms with van der Waals surface area (Å²) in [5.41, 5.74) is -1.56. The topological polar surface area (TPSA) is 38.3 Å². The van der Waals surface area contributed by atoms with E-state index in [-0.39, 0.29) is 6.42 Å². The van der Waals surface area contributed by atoms with E-state index in [0.717, 1.165) is 13.5 Å². The van der Waals surface area contributed by atoms with E-state index >= 15 is 0 Å². The summed E-state index contributed by atoms with van der Waals surface area (Å²) in [7, 11) is 1.11. The molecular formula is C9H14F3NO2. The molecule has 0 aromatic carbocycles. The lowest BCUT2D eigenvalue weighted by molar-refractivity contribution is -0.174. The molecule has 0 saturated carbocycles. The van der Waals surface area contributed by atoms with Gasteiger partial charge in [0.25, 0.3) is 0 Å². The number of methoxy groups -OCH3 is 1. The standard InChI is InChI=1S/C9H14F3NO2/c1-15-7(14)8(6-9(10,11)12)4-2-3-5-13-8/h13H,2-6H2,1H3. The van der Waals surface area contributed by atoms with Crippen LogP contribution in [-0.2, 0) is 9.53 Å². The Hall–Kier alpha value is -0.780. The summed E-state index contributed by atoms with van der Waals surface area (Å²) in [6.07, 6.45) is -3.95. The molecular weight excluding hydrogens is 211 g/mol.